The molecule has 2 aromatic rings. The van der Waals surface area contributed by atoms with Gasteiger partial charge in [0.1, 0.15) is 5.76 Å². The maximum Gasteiger partial charge on any atom is 0.133 e. The van der Waals surface area contributed by atoms with E-state index in [1.54, 1.807) is 11.3 Å². The second-order valence-corrected chi connectivity index (χ2v) is 5.86. The van der Waals surface area contributed by atoms with E-state index in [4.69, 9.17) is 10.3 Å². The molecule has 1 atom stereocenters. The van der Waals surface area contributed by atoms with E-state index in [1.165, 1.54) is 9.75 Å². The molecule has 1 unspecified atom stereocenters. The Hall–Kier alpha value is -1.17. The monoisotopic (exact) mass is 265 g/mol. The van der Waals surface area contributed by atoms with E-state index in [2.05, 4.69) is 36.2 Å². The van der Waals surface area contributed by atoms with E-state index in [9.17, 15) is 0 Å². The van der Waals surface area contributed by atoms with Gasteiger partial charge in [0.2, 0.25) is 0 Å². The summed E-state index contributed by atoms with van der Waals surface area (Å²) in [6.07, 6.45) is 0. The van der Waals surface area contributed by atoms with Gasteiger partial charge in [-0.25, -0.2) is 0 Å². The second-order valence-electron chi connectivity index (χ2n) is 4.54. The SMILES string of the molecule is Cc1cc(CN(C)C(CN)c2ccc(C)s2)no1. The molecule has 0 spiro atoms. The first-order chi connectivity index (χ1) is 8.60. The van der Waals surface area contributed by atoms with Crippen molar-refractivity contribution in [3.8, 4) is 0 Å². The normalized spacial score (nSPS) is 13.2. The van der Waals surface area contributed by atoms with Gasteiger partial charge in [0.05, 0.1) is 11.7 Å². The molecule has 4 nitrogen and oxygen atoms in total. The number of nitrogens with zero attached hydrogens (tertiary/aromatic N) is 2. The van der Waals surface area contributed by atoms with Gasteiger partial charge in [-0.1, -0.05) is 5.16 Å². The van der Waals surface area contributed by atoms with Crippen LogP contribution < -0.4 is 5.73 Å². The number of thiophene rings is 1. The Morgan fingerprint density at radius 3 is 2.72 bits per heavy atom. The lowest BCUT2D eigenvalue weighted by atomic mass is 10.2. The van der Waals surface area contributed by atoms with Crippen molar-refractivity contribution in [3.05, 3.63) is 39.4 Å². The van der Waals surface area contributed by atoms with E-state index in [-0.39, 0.29) is 6.04 Å². The van der Waals surface area contributed by atoms with Crippen LogP contribution in [0.2, 0.25) is 0 Å². The Morgan fingerprint density at radius 1 is 1.44 bits per heavy atom. The first kappa shape index (κ1) is 13.3. The molecule has 0 aromatic carbocycles. The molecule has 0 radical (unpaired) electrons. The zero-order valence-electron chi connectivity index (χ0n) is 11.0. The first-order valence-corrected chi connectivity index (χ1v) is 6.80. The number of aromatic nitrogens is 1. The van der Waals surface area contributed by atoms with Crippen LogP contribution >= 0.6 is 11.3 Å². The van der Waals surface area contributed by atoms with Crippen molar-refractivity contribution in [2.45, 2.75) is 26.4 Å². The predicted molar refractivity (Wildman–Crippen MR) is 73.6 cm³/mol. The highest BCUT2D eigenvalue weighted by Gasteiger charge is 2.18. The van der Waals surface area contributed by atoms with E-state index < -0.39 is 0 Å². The number of hydrogen-bond donors (Lipinski definition) is 1. The molecule has 2 N–H and O–H groups in total. The minimum Gasteiger partial charge on any atom is -0.361 e. The summed E-state index contributed by atoms with van der Waals surface area (Å²) in [7, 11) is 2.07. The molecule has 2 heterocycles. The lowest BCUT2D eigenvalue weighted by Gasteiger charge is -2.25. The Kier molecular flexibility index (Phi) is 4.16. The first-order valence-electron chi connectivity index (χ1n) is 5.99. The highest BCUT2D eigenvalue weighted by atomic mass is 32.1. The minimum absolute atomic E-state index is 0.237. The van der Waals surface area contributed by atoms with Crippen molar-refractivity contribution >= 4 is 11.3 Å². The Morgan fingerprint density at radius 2 is 2.22 bits per heavy atom. The van der Waals surface area contributed by atoms with Gasteiger partial charge in [-0.3, -0.25) is 4.90 Å². The van der Waals surface area contributed by atoms with Gasteiger partial charge in [0.25, 0.3) is 0 Å². The van der Waals surface area contributed by atoms with Crippen LogP contribution in [0.4, 0.5) is 0 Å². The van der Waals surface area contributed by atoms with Crippen LogP contribution in [0, 0.1) is 13.8 Å². The van der Waals surface area contributed by atoms with Gasteiger partial charge in [-0.05, 0) is 33.0 Å². The predicted octanol–water partition coefficient (Wildman–Crippen LogP) is 2.48. The van der Waals surface area contributed by atoms with E-state index in [0.717, 1.165) is 18.0 Å². The molecule has 0 bridgehead atoms. The number of hydrogen-bond acceptors (Lipinski definition) is 5. The van der Waals surface area contributed by atoms with Crippen LogP contribution in [0.25, 0.3) is 0 Å². The van der Waals surface area contributed by atoms with Gasteiger partial charge in [-0.2, -0.15) is 0 Å². The van der Waals surface area contributed by atoms with Crippen LogP contribution in [0.5, 0.6) is 0 Å². The molecule has 18 heavy (non-hydrogen) atoms. The van der Waals surface area contributed by atoms with Crippen molar-refractivity contribution in [1.82, 2.24) is 10.1 Å². The van der Waals surface area contributed by atoms with Gasteiger partial charge >= 0.3 is 0 Å². The Labute approximate surface area is 111 Å². The Bertz CT molecular complexity index is 506. The van der Waals surface area contributed by atoms with Crippen LogP contribution in [-0.4, -0.2) is 23.6 Å². The molecule has 98 valence electrons. The highest BCUT2D eigenvalue weighted by Crippen LogP contribution is 2.26. The number of nitrogens with two attached hydrogens (primary N) is 1. The fourth-order valence-electron chi connectivity index (χ4n) is 2.00. The van der Waals surface area contributed by atoms with E-state index in [1.807, 2.05) is 13.0 Å². The second kappa shape index (κ2) is 5.65. The molecule has 0 amide bonds. The molecule has 0 fully saturated rings. The van der Waals surface area contributed by atoms with Crippen molar-refractivity contribution in [3.63, 3.8) is 0 Å². The summed E-state index contributed by atoms with van der Waals surface area (Å²) in [4.78, 5) is 4.83. The summed E-state index contributed by atoms with van der Waals surface area (Å²) < 4.78 is 5.08. The van der Waals surface area contributed by atoms with E-state index in [0.29, 0.717) is 6.54 Å². The van der Waals surface area contributed by atoms with Crippen molar-refractivity contribution < 1.29 is 4.52 Å². The fourth-order valence-corrected chi connectivity index (χ4v) is 3.06. The average molecular weight is 265 g/mol. The summed E-state index contributed by atoms with van der Waals surface area (Å²) in [5, 5.41) is 4.02. The lowest BCUT2D eigenvalue weighted by Crippen LogP contribution is -2.29. The fraction of sp³-hybridized carbons (Fsp3) is 0.462. The average Bonchev–Trinajstić information content (AvgIpc) is 2.89. The molecule has 0 aliphatic rings. The molecule has 0 saturated carbocycles. The minimum atomic E-state index is 0.237. The number of rotatable bonds is 5. The number of aryl methyl sites for hydroxylation is 2. The standard InChI is InChI=1S/C13H19N3OS/c1-9-6-11(15-17-9)8-16(3)12(7-14)13-5-4-10(2)18-13/h4-6,12H,7-8,14H2,1-3H3. The van der Waals surface area contributed by atoms with Gasteiger partial charge < -0.3 is 10.3 Å². The molecule has 0 saturated heterocycles. The molecule has 0 aliphatic carbocycles. The van der Waals surface area contributed by atoms with Crippen molar-refractivity contribution in [2.24, 2.45) is 5.73 Å². The topological polar surface area (TPSA) is 55.3 Å². The molecular formula is C13H19N3OS. The summed E-state index contributed by atoms with van der Waals surface area (Å²) >= 11 is 1.80. The molecular weight excluding hydrogens is 246 g/mol. The van der Waals surface area contributed by atoms with Gasteiger partial charge in [-0.15, -0.1) is 11.3 Å². The zero-order valence-corrected chi connectivity index (χ0v) is 11.8. The molecule has 2 aromatic heterocycles. The largest absolute Gasteiger partial charge is 0.361 e. The van der Waals surface area contributed by atoms with Crippen LogP contribution in [0.15, 0.2) is 22.7 Å². The van der Waals surface area contributed by atoms with Gasteiger partial charge in [0, 0.05) is 28.9 Å². The third kappa shape index (κ3) is 2.98. The quantitative estimate of drug-likeness (QED) is 0.902. The highest BCUT2D eigenvalue weighted by molar-refractivity contribution is 7.12. The maximum absolute atomic E-state index is 5.89. The lowest BCUT2D eigenvalue weighted by molar-refractivity contribution is 0.237. The summed E-state index contributed by atoms with van der Waals surface area (Å²) in [5.74, 6) is 0.842. The Balaban J connectivity index is 2.08. The summed E-state index contributed by atoms with van der Waals surface area (Å²) in [6.45, 7) is 5.37. The van der Waals surface area contributed by atoms with E-state index >= 15 is 0 Å². The van der Waals surface area contributed by atoms with Crippen LogP contribution in [0.1, 0.15) is 27.3 Å². The summed E-state index contributed by atoms with van der Waals surface area (Å²) in [6, 6.07) is 6.49. The van der Waals surface area contributed by atoms with Crippen molar-refractivity contribution in [1.29, 1.82) is 0 Å². The molecule has 5 heteroatoms. The zero-order chi connectivity index (χ0) is 13.1. The number of likely N-dealkylation sites (N-methyl/N-ethyl adjacent to an activating group) is 1. The van der Waals surface area contributed by atoms with Crippen LogP contribution in [0.3, 0.4) is 0 Å². The van der Waals surface area contributed by atoms with Gasteiger partial charge in [0.15, 0.2) is 0 Å². The molecule has 0 aliphatic heterocycles. The molecule has 2 rings (SSSR count). The summed E-state index contributed by atoms with van der Waals surface area (Å²) in [5.41, 5.74) is 6.84. The maximum atomic E-state index is 5.89. The van der Waals surface area contributed by atoms with Crippen LogP contribution in [-0.2, 0) is 6.54 Å². The third-order valence-electron chi connectivity index (χ3n) is 2.93. The smallest absolute Gasteiger partial charge is 0.133 e. The van der Waals surface area contributed by atoms with Crippen molar-refractivity contribution in [2.75, 3.05) is 13.6 Å². The third-order valence-corrected chi connectivity index (χ3v) is 4.03.